The molecular weight excluding hydrogens is 477 g/mol. The van der Waals surface area contributed by atoms with Gasteiger partial charge in [0.25, 0.3) is 5.91 Å². The van der Waals surface area contributed by atoms with Gasteiger partial charge in [-0.3, -0.25) is 14.1 Å². The van der Waals surface area contributed by atoms with Crippen molar-refractivity contribution in [3.8, 4) is 11.5 Å². The summed E-state index contributed by atoms with van der Waals surface area (Å²) in [7, 11) is 2.98. The zero-order valence-electron chi connectivity index (χ0n) is 21.5. The van der Waals surface area contributed by atoms with Crippen LogP contribution in [0.15, 0.2) is 55.1 Å². The third-order valence-electron chi connectivity index (χ3n) is 6.29. The third kappa shape index (κ3) is 7.95. The number of aryl methyl sites for hydroxylation is 1. The van der Waals surface area contributed by atoms with Crippen molar-refractivity contribution in [2.24, 2.45) is 0 Å². The van der Waals surface area contributed by atoms with Crippen LogP contribution in [0.5, 0.6) is 11.5 Å². The zero-order chi connectivity index (χ0) is 26.6. The number of hydrogen-bond acceptors (Lipinski definition) is 6. The van der Waals surface area contributed by atoms with E-state index in [1.807, 2.05) is 30.3 Å². The first-order chi connectivity index (χ1) is 18.0. The molecule has 200 valence electrons. The maximum Gasteiger partial charge on any atom is 0.407 e. The third-order valence-corrected chi connectivity index (χ3v) is 6.29. The molecule has 0 radical (unpaired) electrons. The number of likely N-dealkylation sites (tertiary alicyclic amines) is 1. The summed E-state index contributed by atoms with van der Waals surface area (Å²) in [6.45, 7) is 5.25. The Morgan fingerprint density at radius 1 is 1.14 bits per heavy atom. The standard InChI is InChI=1S/C28H36FN3O5/c1-4-13-32-19-23(37-28(34)31-17-20-9-6-5-7-10-20)16-22(32)18-30-27(33)24-14-21(11-8-12-29)15-25(35-2)26(24)36-3/h4-7,9-10,14-15,22-23H,1,8,11-13,16-19H2,2-3H3,(H,30,33)(H,31,34)/t22-,23+/m0/s1. The number of hydrogen-bond donors (Lipinski definition) is 2. The van der Waals surface area contributed by atoms with Gasteiger partial charge in [0.1, 0.15) is 6.10 Å². The van der Waals surface area contributed by atoms with Crippen LogP contribution in [-0.4, -0.2) is 69.6 Å². The fourth-order valence-corrected chi connectivity index (χ4v) is 4.50. The number of rotatable bonds is 13. The largest absolute Gasteiger partial charge is 0.493 e. The molecule has 0 aliphatic carbocycles. The fraction of sp³-hybridized carbons (Fsp3) is 0.429. The molecule has 1 fully saturated rings. The lowest BCUT2D eigenvalue weighted by Gasteiger charge is -2.23. The Balaban J connectivity index is 1.61. The van der Waals surface area contributed by atoms with Gasteiger partial charge >= 0.3 is 6.09 Å². The van der Waals surface area contributed by atoms with E-state index in [2.05, 4.69) is 22.1 Å². The second-order valence-corrected chi connectivity index (χ2v) is 8.88. The average molecular weight is 514 g/mol. The Bertz CT molecular complexity index is 1050. The summed E-state index contributed by atoms with van der Waals surface area (Å²) in [6.07, 6.45) is 2.42. The first kappa shape index (κ1) is 28.0. The molecule has 0 unspecified atom stereocenters. The van der Waals surface area contributed by atoms with Crippen LogP contribution in [0.4, 0.5) is 9.18 Å². The van der Waals surface area contributed by atoms with Crippen LogP contribution >= 0.6 is 0 Å². The minimum Gasteiger partial charge on any atom is -0.493 e. The van der Waals surface area contributed by atoms with Crippen molar-refractivity contribution in [2.45, 2.75) is 38.0 Å². The summed E-state index contributed by atoms with van der Waals surface area (Å²) >= 11 is 0. The molecule has 1 aliphatic rings. The van der Waals surface area contributed by atoms with Crippen LogP contribution in [0, 0.1) is 0 Å². The van der Waals surface area contributed by atoms with E-state index in [0.717, 1.165) is 11.1 Å². The molecule has 1 aliphatic heterocycles. The number of methoxy groups -OCH3 is 2. The number of nitrogens with one attached hydrogen (secondary N) is 2. The minimum atomic E-state index is -0.473. The molecule has 2 N–H and O–H groups in total. The number of amides is 2. The monoisotopic (exact) mass is 513 g/mol. The van der Waals surface area contributed by atoms with Gasteiger partial charge in [-0.15, -0.1) is 6.58 Å². The van der Waals surface area contributed by atoms with Crippen molar-refractivity contribution in [1.82, 2.24) is 15.5 Å². The molecule has 8 nitrogen and oxygen atoms in total. The normalized spacial score (nSPS) is 17.2. The number of alkyl carbamates (subject to hydrolysis) is 1. The highest BCUT2D eigenvalue weighted by Gasteiger charge is 2.34. The lowest BCUT2D eigenvalue weighted by molar-refractivity contribution is 0.0936. The van der Waals surface area contributed by atoms with E-state index in [-0.39, 0.29) is 18.1 Å². The summed E-state index contributed by atoms with van der Waals surface area (Å²) in [4.78, 5) is 27.6. The van der Waals surface area contributed by atoms with Crippen LogP contribution in [0.2, 0.25) is 0 Å². The highest BCUT2D eigenvalue weighted by molar-refractivity contribution is 5.98. The predicted octanol–water partition coefficient (Wildman–Crippen LogP) is 3.89. The molecule has 0 bridgehead atoms. The first-order valence-corrected chi connectivity index (χ1v) is 12.4. The lowest BCUT2D eigenvalue weighted by Crippen LogP contribution is -2.40. The number of halogens is 1. The molecule has 3 rings (SSSR count). The Kier molecular flexibility index (Phi) is 10.8. The maximum atomic E-state index is 13.2. The van der Waals surface area contributed by atoms with Crippen molar-refractivity contribution >= 4 is 12.0 Å². The van der Waals surface area contributed by atoms with Crippen molar-refractivity contribution in [3.63, 3.8) is 0 Å². The van der Waals surface area contributed by atoms with Crippen LogP contribution in [-0.2, 0) is 17.7 Å². The average Bonchev–Trinajstić information content (AvgIpc) is 3.30. The minimum absolute atomic E-state index is 0.0449. The highest BCUT2D eigenvalue weighted by atomic mass is 19.1. The molecule has 9 heteroatoms. The molecule has 0 spiro atoms. The van der Waals surface area contributed by atoms with Crippen LogP contribution in [0.3, 0.4) is 0 Å². The van der Waals surface area contributed by atoms with E-state index < -0.39 is 12.8 Å². The first-order valence-electron chi connectivity index (χ1n) is 12.4. The van der Waals surface area contributed by atoms with Gasteiger partial charge in [0.15, 0.2) is 11.5 Å². The number of carbonyl (C=O) groups excluding carboxylic acids is 2. The Labute approximate surface area is 217 Å². The van der Waals surface area contributed by atoms with E-state index in [4.69, 9.17) is 14.2 Å². The van der Waals surface area contributed by atoms with E-state index in [1.165, 1.54) is 14.2 Å². The fourth-order valence-electron chi connectivity index (χ4n) is 4.50. The van der Waals surface area contributed by atoms with Gasteiger partial charge < -0.3 is 24.8 Å². The van der Waals surface area contributed by atoms with E-state index in [1.54, 1.807) is 18.2 Å². The Morgan fingerprint density at radius 2 is 1.92 bits per heavy atom. The van der Waals surface area contributed by atoms with Gasteiger partial charge in [0.05, 0.1) is 26.5 Å². The zero-order valence-corrected chi connectivity index (χ0v) is 21.5. The number of alkyl halides is 1. The quantitative estimate of drug-likeness (QED) is 0.395. The molecule has 2 amide bonds. The molecule has 1 saturated heterocycles. The summed E-state index contributed by atoms with van der Waals surface area (Å²) in [5.41, 5.74) is 2.11. The second kappa shape index (κ2) is 14.2. The molecule has 2 atom stereocenters. The van der Waals surface area contributed by atoms with Gasteiger partial charge in [0.2, 0.25) is 0 Å². The molecule has 0 saturated carbocycles. The molecule has 2 aromatic carbocycles. The summed E-state index contributed by atoms with van der Waals surface area (Å²) in [6, 6.07) is 13.0. The summed E-state index contributed by atoms with van der Waals surface area (Å²) < 4.78 is 29.2. The van der Waals surface area contributed by atoms with E-state index in [9.17, 15) is 14.0 Å². The van der Waals surface area contributed by atoms with Gasteiger partial charge in [-0.05, 0) is 36.1 Å². The predicted molar refractivity (Wildman–Crippen MR) is 140 cm³/mol. The highest BCUT2D eigenvalue weighted by Crippen LogP contribution is 2.33. The summed E-state index contributed by atoms with van der Waals surface area (Å²) in [5.74, 6) is 0.434. The molecule has 0 aromatic heterocycles. The van der Waals surface area contributed by atoms with Gasteiger partial charge in [-0.1, -0.05) is 36.4 Å². The number of benzene rings is 2. The molecule has 37 heavy (non-hydrogen) atoms. The van der Waals surface area contributed by atoms with Gasteiger partial charge in [-0.2, -0.15) is 0 Å². The van der Waals surface area contributed by atoms with Crippen LogP contribution in [0.1, 0.15) is 34.3 Å². The van der Waals surface area contributed by atoms with Crippen LogP contribution in [0.25, 0.3) is 0 Å². The molecule has 2 aromatic rings. The lowest BCUT2D eigenvalue weighted by atomic mass is 10.0. The van der Waals surface area contributed by atoms with Gasteiger partial charge in [-0.25, -0.2) is 4.79 Å². The second-order valence-electron chi connectivity index (χ2n) is 8.88. The van der Waals surface area contributed by atoms with E-state index >= 15 is 0 Å². The summed E-state index contributed by atoms with van der Waals surface area (Å²) in [5, 5.41) is 5.76. The van der Waals surface area contributed by atoms with Crippen molar-refractivity contribution in [1.29, 1.82) is 0 Å². The molecule has 1 heterocycles. The Morgan fingerprint density at radius 3 is 2.59 bits per heavy atom. The smallest absolute Gasteiger partial charge is 0.407 e. The van der Waals surface area contributed by atoms with Crippen molar-refractivity contribution in [2.75, 3.05) is 40.5 Å². The number of nitrogens with zero attached hydrogens (tertiary/aromatic N) is 1. The Hall–Kier alpha value is -3.59. The molecular formula is C28H36FN3O5. The number of ether oxygens (including phenoxy) is 3. The van der Waals surface area contributed by atoms with Crippen molar-refractivity contribution < 1.29 is 28.2 Å². The van der Waals surface area contributed by atoms with Crippen molar-refractivity contribution in [3.05, 3.63) is 71.8 Å². The van der Waals surface area contributed by atoms with Gasteiger partial charge in [0, 0.05) is 38.6 Å². The van der Waals surface area contributed by atoms with E-state index in [0.29, 0.717) is 62.5 Å². The number of carbonyl (C=O) groups is 2. The SMILES string of the molecule is C=CCN1C[C@H](OC(=O)NCc2ccccc2)C[C@H]1CNC(=O)c1cc(CCCF)cc(OC)c1OC. The maximum absolute atomic E-state index is 13.2. The van der Waals surface area contributed by atoms with Crippen LogP contribution < -0.4 is 20.1 Å². The topological polar surface area (TPSA) is 89.1 Å².